The van der Waals surface area contributed by atoms with Gasteiger partial charge in [0.1, 0.15) is 11.4 Å². The second kappa shape index (κ2) is 10.6. The van der Waals surface area contributed by atoms with E-state index >= 15 is 0 Å². The van der Waals surface area contributed by atoms with Crippen molar-refractivity contribution < 1.29 is 19.1 Å². The number of carbonyl (C=O) groups is 2. The average molecular weight is 440 g/mol. The Kier molecular flexibility index (Phi) is 7.88. The first-order valence-corrected chi connectivity index (χ1v) is 10.9. The molecular weight excluding hydrogens is 406 g/mol. The molecular formula is C25H33N3O4. The Hall–Kier alpha value is -2.90. The largest absolute Gasteiger partial charge is 0.482 e. The molecule has 0 saturated carbocycles. The van der Waals surface area contributed by atoms with Crippen molar-refractivity contribution in [2.45, 2.75) is 26.4 Å². The first kappa shape index (κ1) is 23.8. The van der Waals surface area contributed by atoms with Crippen molar-refractivity contribution in [2.24, 2.45) is 0 Å². The summed E-state index contributed by atoms with van der Waals surface area (Å²) in [6.07, 6.45) is 0. The number of ether oxygens (including phenoxy) is 2. The summed E-state index contributed by atoms with van der Waals surface area (Å²) in [6, 6.07) is 16.8. The van der Waals surface area contributed by atoms with E-state index in [1.165, 1.54) is 0 Å². The molecule has 1 amide bonds. The number of hydrogen-bond acceptors (Lipinski definition) is 6. The van der Waals surface area contributed by atoms with Gasteiger partial charge in [0.15, 0.2) is 6.61 Å². The van der Waals surface area contributed by atoms with Gasteiger partial charge in [0, 0.05) is 37.9 Å². The maximum atomic E-state index is 13.4. The third-order valence-corrected chi connectivity index (χ3v) is 5.07. The Bertz CT molecular complexity index is 903. The standard InChI is InChI=1S/C25H33N3O4/c1-25(2,3)32-24(30)19-31-22-12-8-11-21(17-22)28(20-9-6-5-7-10-20)23(29)18-27-15-13-26(4)14-16-27/h5-12,17H,13-16,18-19H2,1-4H3. The van der Waals surface area contributed by atoms with Crippen molar-refractivity contribution in [1.29, 1.82) is 0 Å². The first-order chi connectivity index (χ1) is 15.2. The molecule has 0 bridgehead atoms. The zero-order valence-corrected chi connectivity index (χ0v) is 19.4. The number of esters is 1. The summed E-state index contributed by atoms with van der Waals surface area (Å²) in [5, 5.41) is 0. The molecule has 0 aromatic heterocycles. The Morgan fingerprint density at radius 2 is 1.59 bits per heavy atom. The lowest BCUT2D eigenvalue weighted by Crippen LogP contribution is -2.48. The molecule has 1 aliphatic heterocycles. The predicted molar refractivity (Wildman–Crippen MR) is 125 cm³/mol. The number of benzene rings is 2. The van der Waals surface area contributed by atoms with Gasteiger partial charge in [-0.15, -0.1) is 0 Å². The van der Waals surface area contributed by atoms with Crippen LogP contribution in [0, 0.1) is 0 Å². The fourth-order valence-corrected chi connectivity index (χ4v) is 3.51. The average Bonchev–Trinajstić information content (AvgIpc) is 2.74. The molecule has 0 atom stereocenters. The molecule has 7 heteroatoms. The summed E-state index contributed by atoms with van der Waals surface area (Å²) < 4.78 is 11.0. The van der Waals surface area contributed by atoms with E-state index in [1.807, 2.05) is 63.2 Å². The fraction of sp³-hybridized carbons (Fsp3) is 0.440. The zero-order chi connectivity index (χ0) is 23.1. The van der Waals surface area contributed by atoms with Gasteiger partial charge >= 0.3 is 5.97 Å². The van der Waals surface area contributed by atoms with Crippen molar-refractivity contribution in [2.75, 3.05) is 51.3 Å². The minimum atomic E-state index is -0.567. The monoisotopic (exact) mass is 439 g/mol. The van der Waals surface area contributed by atoms with Gasteiger partial charge in [-0.05, 0) is 52.1 Å². The quantitative estimate of drug-likeness (QED) is 0.617. The van der Waals surface area contributed by atoms with Crippen molar-refractivity contribution in [3.63, 3.8) is 0 Å². The van der Waals surface area contributed by atoms with E-state index in [1.54, 1.807) is 17.0 Å². The number of piperazine rings is 1. The van der Waals surface area contributed by atoms with Gasteiger partial charge in [0.25, 0.3) is 0 Å². The van der Waals surface area contributed by atoms with Crippen LogP contribution in [0.4, 0.5) is 11.4 Å². The summed E-state index contributed by atoms with van der Waals surface area (Å²) in [7, 11) is 2.10. The number of carbonyl (C=O) groups excluding carboxylic acids is 2. The summed E-state index contributed by atoms with van der Waals surface area (Å²) in [5.41, 5.74) is 0.912. The van der Waals surface area contributed by atoms with E-state index < -0.39 is 11.6 Å². The number of nitrogens with zero attached hydrogens (tertiary/aromatic N) is 3. The Labute approximate surface area is 190 Å². The van der Waals surface area contributed by atoms with Gasteiger partial charge in [-0.3, -0.25) is 14.6 Å². The molecule has 7 nitrogen and oxygen atoms in total. The third-order valence-electron chi connectivity index (χ3n) is 5.07. The molecule has 3 rings (SSSR count). The smallest absolute Gasteiger partial charge is 0.344 e. The fourth-order valence-electron chi connectivity index (χ4n) is 3.51. The van der Waals surface area contributed by atoms with Gasteiger partial charge in [-0.1, -0.05) is 24.3 Å². The third kappa shape index (κ3) is 7.07. The van der Waals surface area contributed by atoms with Crippen LogP contribution < -0.4 is 9.64 Å². The van der Waals surface area contributed by atoms with Crippen LogP contribution in [-0.2, 0) is 14.3 Å². The summed E-state index contributed by atoms with van der Waals surface area (Å²) >= 11 is 0. The highest BCUT2D eigenvalue weighted by Gasteiger charge is 2.23. The number of rotatable bonds is 7. The lowest BCUT2D eigenvalue weighted by molar-refractivity contribution is -0.157. The molecule has 1 heterocycles. The minimum Gasteiger partial charge on any atom is -0.482 e. The Balaban J connectivity index is 1.76. The van der Waals surface area contributed by atoms with E-state index in [4.69, 9.17) is 9.47 Å². The Morgan fingerprint density at radius 3 is 2.25 bits per heavy atom. The topological polar surface area (TPSA) is 62.3 Å². The molecule has 0 unspecified atom stereocenters. The molecule has 0 N–H and O–H groups in total. The number of anilines is 2. The highest BCUT2D eigenvalue weighted by atomic mass is 16.6. The highest BCUT2D eigenvalue weighted by molar-refractivity contribution is 6.01. The molecule has 1 aliphatic rings. The molecule has 32 heavy (non-hydrogen) atoms. The second-order valence-corrected chi connectivity index (χ2v) is 9.02. The van der Waals surface area contributed by atoms with Crippen LogP contribution in [-0.4, -0.2) is 73.7 Å². The SMILES string of the molecule is CN1CCN(CC(=O)N(c2ccccc2)c2cccc(OCC(=O)OC(C)(C)C)c2)CC1. The van der Waals surface area contributed by atoms with Crippen LogP contribution in [0.25, 0.3) is 0 Å². The van der Waals surface area contributed by atoms with Crippen LogP contribution in [0.1, 0.15) is 20.8 Å². The van der Waals surface area contributed by atoms with Crippen LogP contribution in [0.5, 0.6) is 5.75 Å². The van der Waals surface area contributed by atoms with Gasteiger partial charge in [0.2, 0.25) is 5.91 Å². The zero-order valence-electron chi connectivity index (χ0n) is 19.4. The van der Waals surface area contributed by atoms with E-state index in [9.17, 15) is 9.59 Å². The van der Waals surface area contributed by atoms with Crippen LogP contribution in [0.15, 0.2) is 54.6 Å². The second-order valence-electron chi connectivity index (χ2n) is 9.02. The van der Waals surface area contributed by atoms with E-state index in [0.29, 0.717) is 18.0 Å². The van der Waals surface area contributed by atoms with Crippen molar-refractivity contribution in [3.8, 4) is 5.75 Å². The van der Waals surface area contributed by atoms with Gasteiger partial charge in [0.05, 0.1) is 12.2 Å². The van der Waals surface area contributed by atoms with E-state index in [-0.39, 0.29) is 12.5 Å². The lowest BCUT2D eigenvalue weighted by Gasteiger charge is -2.33. The summed E-state index contributed by atoms with van der Waals surface area (Å²) in [6.45, 7) is 9.22. The van der Waals surface area contributed by atoms with Gasteiger partial charge < -0.3 is 14.4 Å². The van der Waals surface area contributed by atoms with Crippen molar-refractivity contribution >= 4 is 23.3 Å². The molecule has 0 spiro atoms. The lowest BCUT2D eigenvalue weighted by atomic mass is 10.2. The molecule has 1 saturated heterocycles. The Morgan fingerprint density at radius 1 is 0.938 bits per heavy atom. The molecule has 1 fully saturated rings. The molecule has 2 aromatic rings. The number of para-hydroxylation sites is 1. The molecule has 0 aliphatic carbocycles. The maximum Gasteiger partial charge on any atom is 0.344 e. The van der Waals surface area contributed by atoms with Crippen molar-refractivity contribution in [1.82, 2.24) is 9.80 Å². The minimum absolute atomic E-state index is 0.00922. The van der Waals surface area contributed by atoms with E-state index in [2.05, 4.69) is 16.8 Å². The van der Waals surface area contributed by atoms with Gasteiger partial charge in [-0.2, -0.15) is 0 Å². The number of amides is 1. The summed E-state index contributed by atoms with van der Waals surface area (Å²) in [4.78, 5) is 31.5. The summed E-state index contributed by atoms with van der Waals surface area (Å²) in [5.74, 6) is 0.0562. The number of likely N-dealkylation sites (N-methyl/N-ethyl adjacent to an activating group) is 1. The first-order valence-electron chi connectivity index (χ1n) is 10.9. The van der Waals surface area contributed by atoms with E-state index in [0.717, 1.165) is 31.9 Å². The predicted octanol–water partition coefficient (Wildman–Crippen LogP) is 3.32. The highest BCUT2D eigenvalue weighted by Crippen LogP contribution is 2.29. The van der Waals surface area contributed by atoms with Crippen LogP contribution in [0.3, 0.4) is 0 Å². The molecule has 172 valence electrons. The number of hydrogen-bond donors (Lipinski definition) is 0. The normalized spacial score (nSPS) is 15.2. The van der Waals surface area contributed by atoms with Crippen molar-refractivity contribution in [3.05, 3.63) is 54.6 Å². The molecule has 0 radical (unpaired) electrons. The van der Waals surface area contributed by atoms with Crippen LogP contribution in [0.2, 0.25) is 0 Å². The maximum absolute atomic E-state index is 13.4. The molecule has 2 aromatic carbocycles. The van der Waals surface area contributed by atoms with Crippen LogP contribution >= 0.6 is 0 Å². The van der Waals surface area contributed by atoms with Gasteiger partial charge in [-0.25, -0.2) is 4.79 Å².